The van der Waals surface area contributed by atoms with Crippen LogP contribution >= 0.6 is 0 Å². The molecule has 1 fully saturated rings. The summed E-state index contributed by atoms with van der Waals surface area (Å²) in [5.74, 6) is 0.177. The van der Waals surface area contributed by atoms with E-state index in [0.29, 0.717) is 12.2 Å². The van der Waals surface area contributed by atoms with E-state index in [4.69, 9.17) is 6.57 Å². The number of rotatable bonds is 5. The van der Waals surface area contributed by atoms with Gasteiger partial charge in [0.1, 0.15) is 0 Å². The molecule has 1 atom stereocenters. The number of nitro groups is 1. The van der Waals surface area contributed by atoms with Crippen molar-refractivity contribution in [1.29, 1.82) is 0 Å². The molecule has 1 amide bonds. The molecule has 2 aromatic carbocycles. The Morgan fingerprint density at radius 2 is 1.93 bits per heavy atom. The number of aryl methyl sites for hydroxylation is 1. The first-order valence-electron chi connectivity index (χ1n) is 10.3. The number of nitrogens with zero attached hydrogens (tertiary/aromatic N) is 4. The summed E-state index contributed by atoms with van der Waals surface area (Å²) >= 11 is 0. The fraction of sp³-hybridized carbons (Fsp3) is 0.391. The monoisotopic (exact) mass is 404 g/mol. The van der Waals surface area contributed by atoms with Crippen LogP contribution in [-0.4, -0.2) is 52.9 Å². The maximum absolute atomic E-state index is 12.8. The first-order valence-corrected chi connectivity index (χ1v) is 10.3. The van der Waals surface area contributed by atoms with Crippen LogP contribution in [0.5, 0.6) is 0 Å². The van der Waals surface area contributed by atoms with E-state index in [1.54, 1.807) is 12.1 Å². The summed E-state index contributed by atoms with van der Waals surface area (Å²) in [6.45, 7) is 9.94. The summed E-state index contributed by atoms with van der Waals surface area (Å²) in [5.41, 5.74) is 4.32. The molecule has 0 radical (unpaired) electrons. The zero-order chi connectivity index (χ0) is 21.1. The number of piperazine rings is 1. The maximum atomic E-state index is 12.8. The van der Waals surface area contributed by atoms with Gasteiger partial charge < -0.3 is 4.90 Å². The topological polar surface area (TPSA) is 71.1 Å². The lowest BCUT2D eigenvalue weighted by Crippen LogP contribution is -2.55. The summed E-state index contributed by atoms with van der Waals surface area (Å²) in [4.78, 5) is 30.9. The SMILES string of the molecule is [C-]#[N+]c1ccc2c(c1)CCC(N1CCN(CCc3ccc([N+](=O)[O-])cc3)CC1=O)C2. The van der Waals surface area contributed by atoms with Gasteiger partial charge in [0, 0.05) is 37.8 Å². The molecule has 2 aromatic rings. The highest BCUT2D eigenvalue weighted by molar-refractivity contribution is 5.79. The average Bonchev–Trinajstić information content (AvgIpc) is 2.77. The van der Waals surface area contributed by atoms with Gasteiger partial charge in [-0.25, -0.2) is 4.85 Å². The highest BCUT2D eigenvalue weighted by Gasteiger charge is 2.31. The Kier molecular flexibility index (Phi) is 5.77. The Bertz CT molecular complexity index is 996. The number of fused-ring (bicyclic) bond motifs is 1. The van der Waals surface area contributed by atoms with Crippen molar-refractivity contribution < 1.29 is 9.72 Å². The molecule has 0 bridgehead atoms. The van der Waals surface area contributed by atoms with Crippen molar-refractivity contribution in [2.45, 2.75) is 31.7 Å². The van der Waals surface area contributed by atoms with E-state index in [1.165, 1.54) is 23.3 Å². The van der Waals surface area contributed by atoms with E-state index in [1.807, 2.05) is 23.1 Å². The zero-order valence-corrected chi connectivity index (χ0v) is 16.8. The average molecular weight is 404 g/mol. The van der Waals surface area contributed by atoms with Crippen LogP contribution in [0.4, 0.5) is 11.4 Å². The second kappa shape index (κ2) is 8.64. The number of nitro benzene ring substituents is 1. The molecule has 1 unspecified atom stereocenters. The summed E-state index contributed by atoms with van der Waals surface area (Å²) in [6, 6.07) is 12.8. The summed E-state index contributed by atoms with van der Waals surface area (Å²) in [7, 11) is 0. The van der Waals surface area contributed by atoms with Crippen molar-refractivity contribution in [1.82, 2.24) is 9.80 Å². The first-order chi connectivity index (χ1) is 14.5. The lowest BCUT2D eigenvalue weighted by Gasteiger charge is -2.41. The third-order valence-corrected chi connectivity index (χ3v) is 6.16. The quantitative estimate of drug-likeness (QED) is 0.435. The van der Waals surface area contributed by atoms with Crippen LogP contribution in [0.15, 0.2) is 42.5 Å². The molecule has 0 spiro atoms. The van der Waals surface area contributed by atoms with Gasteiger partial charge in [0.25, 0.3) is 5.69 Å². The summed E-state index contributed by atoms with van der Waals surface area (Å²) in [5, 5.41) is 10.8. The zero-order valence-electron chi connectivity index (χ0n) is 16.8. The minimum atomic E-state index is -0.394. The molecule has 1 saturated heterocycles. The van der Waals surface area contributed by atoms with E-state index in [9.17, 15) is 14.9 Å². The number of hydrogen-bond donors (Lipinski definition) is 0. The van der Waals surface area contributed by atoms with Crippen LogP contribution in [0.25, 0.3) is 4.85 Å². The van der Waals surface area contributed by atoms with E-state index in [0.717, 1.165) is 50.9 Å². The van der Waals surface area contributed by atoms with Gasteiger partial charge in [0.2, 0.25) is 5.91 Å². The van der Waals surface area contributed by atoms with E-state index < -0.39 is 4.92 Å². The van der Waals surface area contributed by atoms with Crippen molar-refractivity contribution in [2.24, 2.45) is 0 Å². The first kappa shape index (κ1) is 20.0. The predicted molar refractivity (Wildman–Crippen MR) is 113 cm³/mol. The third-order valence-electron chi connectivity index (χ3n) is 6.16. The van der Waals surface area contributed by atoms with Crippen molar-refractivity contribution in [3.63, 3.8) is 0 Å². The van der Waals surface area contributed by atoms with Gasteiger partial charge in [-0.3, -0.25) is 19.8 Å². The third kappa shape index (κ3) is 4.34. The Morgan fingerprint density at radius 3 is 2.63 bits per heavy atom. The lowest BCUT2D eigenvalue weighted by molar-refractivity contribution is -0.384. The molecule has 7 nitrogen and oxygen atoms in total. The molecular formula is C23H24N4O3. The Labute approximate surface area is 175 Å². The lowest BCUT2D eigenvalue weighted by atomic mass is 9.87. The van der Waals surface area contributed by atoms with Gasteiger partial charge >= 0.3 is 0 Å². The van der Waals surface area contributed by atoms with E-state index >= 15 is 0 Å². The highest BCUT2D eigenvalue weighted by Crippen LogP contribution is 2.29. The van der Waals surface area contributed by atoms with Crippen molar-refractivity contribution in [3.05, 3.63) is 80.7 Å². The molecule has 2 aliphatic rings. The van der Waals surface area contributed by atoms with Crippen molar-refractivity contribution in [2.75, 3.05) is 26.2 Å². The molecular weight excluding hydrogens is 380 g/mol. The van der Waals surface area contributed by atoms with Crippen molar-refractivity contribution in [3.8, 4) is 0 Å². The van der Waals surface area contributed by atoms with Gasteiger partial charge in [0.05, 0.1) is 18.0 Å². The van der Waals surface area contributed by atoms with Gasteiger partial charge in [0.15, 0.2) is 5.69 Å². The number of benzene rings is 2. The molecule has 1 aliphatic carbocycles. The fourth-order valence-electron chi connectivity index (χ4n) is 4.44. The summed E-state index contributed by atoms with van der Waals surface area (Å²) in [6.07, 6.45) is 3.49. The molecule has 0 N–H and O–H groups in total. The standard InChI is InChI=1S/C23H24N4O3/c1-24-20-6-4-19-15-22(9-5-18(19)14-20)26-13-12-25(16-23(26)28)11-10-17-2-7-21(8-3-17)27(29)30/h2-4,6-8,14,22H,5,9-13,15-16H2. The molecule has 4 rings (SSSR count). The molecule has 1 aliphatic heterocycles. The smallest absolute Gasteiger partial charge is 0.269 e. The number of hydrogen-bond acceptors (Lipinski definition) is 4. The van der Waals surface area contributed by atoms with E-state index in [-0.39, 0.29) is 17.6 Å². The molecule has 1 heterocycles. The van der Waals surface area contributed by atoms with Crippen LogP contribution < -0.4 is 0 Å². The fourth-order valence-corrected chi connectivity index (χ4v) is 4.44. The second-order valence-corrected chi connectivity index (χ2v) is 8.00. The molecule has 7 heteroatoms. The van der Waals surface area contributed by atoms with Crippen LogP contribution in [-0.2, 0) is 24.1 Å². The number of carbonyl (C=O) groups is 1. The van der Waals surface area contributed by atoms with Crippen LogP contribution in [0.3, 0.4) is 0 Å². The largest absolute Gasteiger partial charge is 0.337 e. The van der Waals surface area contributed by atoms with Gasteiger partial charge in [-0.2, -0.15) is 0 Å². The number of carbonyl (C=O) groups excluding carboxylic acids is 1. The van der Waals surface area contributed by atoms with Crippen LogP contribution in [0, 0.1) is 16.7 Å². The van der Waals surface area contributed by atoms with Crippen LogP contribution in [0.1, 0.15) is 23.1 Å². The number of non-ortho nitro benzene ring substituents is 1. The minimum Gasteiger partial charge on any atom is -0.337 e. The van der Waals surface area contributed by atoms with Gasteiger partial charge in [-0.15, -0.1) is 0 Å². The molecule has 0 aromatic heterocycles. The van der Waals surface area contributed by atoms with Gasteiger partial charge in [-0.05, 0) is 36.8 Å². The molecule has 30 heavy (non-hydrogen) atoms. The van der Waals surface area contributed by atoms with Crippen molar-refractivity contribution >= 4 is 17.3 Å². The Balaban J connectivity index is 1.30. The molecule has 154 valence electrons. The second-order valence-electron chi connectivity index (χ2n) is 8.00. The van der Waals surface area contributed by atoms with Crippen LogP contribution in [0.2, 0.25) is 0 Å². The number of amides is 1. The van der Waals surface area contributed by atoms with E-state index in [2.05, 4.69) is 9.74 Å². The Morgan fingerprint density at radius 1 is 1.13 bits per heavy atom. The minimum absolute atomic E-state index is 0.0990. The normalized spacial score (nSPS) is 19.2. The molecule has 0 saturated carbocycles. The highest BCUT2D eigenvalue weighted by atomic mass is 16.6. The predicted octanol–water partition coefficient (Wildman–Crippen LogP) is 3.39. The van der Waals surface area contributed by atoms with Gasteiger partial charge in [-0.1, -0.05) is 35.9 Å². The summed E-state index contributed by atoms with van der Waals surface area (Å²) < 4.78 is 0. The Hall–Kier alpha value is -3.24. The maximum Gasteiger partial charge on any atom is 0.269 e.